The second kappa shape index (κ2) is 9.64. The molecule has 0 bridgehead atoms. The van der Waals surface area contributed by atoms with Crippen molar-refractivity contribution >= 4 is 32.7 Å². The molecular weight excluding hydrogens is 460 g/mol. The first-order chi connectivity index (χ1) is 16.9. The van der Waals surface area contributed by atoms with E-state index in [0.29, 0.717) is 12.2 Å². The minimum atomic E-state index is -3.60. The van der Waals surface area contributed by atoms with Crippen molar-refractivity contribution in [2.24, 2.45) is 0 Å². The summed E-state index contributed by atoms with van der Waals surface area (Å²) in [4.78, 5) is 18.0. The minimum absolute atomic E-state index is 0.0993. The molecule has 5 rings (SSSR count). The summed E-state index contributed by atoms with van der Waals surface area (Å²) in [6, 6.07) is 22.1. The number of hydrogen-bond donors (Lipinski definition) is 1. The predicted octanol–water partition coefficient (Wildman–Crippen LogP) is 4.03. The molecule has 1 amide bonds. The number of sulfonamides is 1. The molecule has 1 aliphatic carbocycles. The Morgan fingerprint density at radius 1 is 1.00 bits per heavy atom. The van der Waals surface area contributed by atoms with Crippen LogP contribution in [-0.4, -0.2) is 41.8 Å². The number of nitrogens with one attached hydrogen (secondary N) is 1. The third kappa shape index (κ3) is 4.85. The Morgan fingerprint density at radius 3 is 2.57 bits per heavy atom. The smallest absolute Gasteiger partial charge is 0.244 e. The van der Waals surface area contributed by atoms with Crippen molar-refractivity contribution in [2.45, 2.75) is 37.1 Å². The largest absolute Gasteiger partial charge is 0.325 e. The first-order valence-corrected chi connectivity index (χ1v) is 13.2. The van der Waals surface area contributed by atoms with Gasteiger partial charge in [0.05, 0.1) is 15.9 Å². The zero-order valence-electron chi connectivity index (χ0n) is 19.6. The van der Waals surface area contributed by atoms with E-state index < -0.39 is 10.0 Å². The van der Waals surface area contributed by atoms with E-state index in [1.54, 1.807) is 37.4 Å². The molecule has 7 nitrogen and oxygen atoms in total. The predicted molar refractivity (Wildman–Crippen MR) is 137 cm³/mol. The standard InChI is InChI=1S/C27H28N4O3S/c1-30(35(33,34)23-10-3-2-4-11-23)17-16-26-29-24-12-5-6-13-25(24)31(26)19-27(32)28-22-15-14-20-8-7-9-21(20)18-22/h2-6,10-15,18H,7-9,16-17,19H2,1H3,(H,28,32). The van der Waals surface area contributed by atoms with E-state index in [4.69, 9.17) is 4.98 Å². The van der Waals surface area contributed by atoms with Crippen LogP contribution in [0.4, 0.5) is 5.69 Å². The van der Waals surface area contributed by atoms with E-state index in [1.807, 2.05) is 34.9 Å². The highest BCUT2D eigenvalue weighted by atomic mass is 32.2. The number of aryl methyl sites for hydroxylation is 2. The molecule has 0 fully saturated rings. The summed E-state index contributed by atoms with van der Waals surface area (Å²) in [5.74, 6) is 0.531. The quantitative estimate of drug-likeness (QED) is 0.406. The van der Waals surface area contributed by atoms with E-state index >= 15 is 0 Å². The summed E-state index contributed by atoms with van der Waals surface area (Å²) < 4.78 is 29.0. The van der Waals surface area contributed by atoms with Crippen LogP contribution >= 0.6 is 0 Å². The Hall–Kier alpha value is -3.49. The average molecular weight is 489 g/mol. The molecule has 180 valence electrons. The van der Waals surface area contributed by atoms with Crippen molar-refractivity contribution in [1.82, 2.24) is 13.9 Å². The maximum absolute atomic E-state index is 13.0. The van der Waals surface area contributed by atoms with Gasteiger partial charge in [-0.15, -0.1) is 0 Å². The summed E-state index contributed by atoms with van der Waals surface area (Å²) in [7, 11) is -2.04. The Morgan fingerprint density at radius 2 is 1.74 bits per heavy atom. The SMILES string of the molecule is CN(CCc1nc2ccccc2n1CC(=O)Nc1ccc2c(c1)CCC2)S(=O)(=O)c1ccccc1. The van der Waals surface area contributed by atoms with Crippen molar-refractivity contribution in [3.8, 4) is 0 Å². The second-order valence-electron chi connectivity index (χ2n) is 8.88. The number of fused-ring (bicyclic) bond motifs is 2. The average Bonchev–Trinajstić information content (AvgIpc) is 3.47. The number of benzene rings is 3. The highest BCUT2D eigenvalue weighted by molar-refractivity contribution is 7.89. The van der Waals surface area contributed by atoms with Crippen molar-refractivity contribution in [2.75, 3.05) is 18.9 Å². The zero-order chi connectivity index (χ0) is 24.4. The third-order valence-electron chi connectivity index (χ3n) is 6.52. The van der Waals surface area contributed by atoms with Gasteiger partial charge in [0.15, 0.2) is 0 Å². The fourth-order valence-corrected chi connectivity index (χ4v) is 5.83. The van der Waals surface area contributed by atoms with E-state index in [-0.39, 0.29) is 23.9 Å². The summed E-state index contributed by atoms with van der Waals surface area (Å²) in [6.45, 7) is 0.342. The van der Waals surface area contributed by atoms with Gasteiger partial charge in [-0.3, -0.25) is 4.79 Å². The van der Waals surface area contributed by atoms with Crippen LogP contribution in [0.5, 0.6) is 0 Å². The highest BCUT2D eigenvalue weighted by Crippen LogP contribution is 2.25. The maximum atomic E-state index is 13.0. The number of hydrogen-bond acceptors (Lipinski definition) is 4. The summed E-state index contributed by atoms with van der Waals surface area (Å²) >= 11 is 0. The molecule has 1 aliphatic rings. The molecule has 3 aromatic carbocycles. The molecule has 0 radical (unpaired) electrons. The van der Waals surface area contributed by atoms with E-state index in [0.717, 1.165) is 36.0 Å². The molecule has 0 spiro atoms. The molecule has 8 heteroatoms. The van der Waals surface area contributed by atoms with Gasteiger partial charge in [-0.25, -0.2) is 17.7 Å². The maximum Gasteiger partial charge on any atom is 0.244 e. The van der Waals surface area contributed by atoms with Gasteiger partial charge < -0.3 is 9.88 Å². The van der Waals surface area contributed by atoms with Crippen LogP contribution in [0.25, 0.3) is 11.0 Å². The fraction of sp³-hybridized carbons (Fsp3) is 0.259. The molecule has 35 heavy (non-hydrogen) atoms. The monoisotopic (exact) mass is 488 g/mol. The normalized spacial score (nSPS) is 13.3. The van der Waals surface area contributed by atoms with Crippen LogP contribution in [0.15, 0.2) is 77.7 Å². The van der Waals surface area contributed by atoms with Gasteiger partial charge in [0.1, 0.15) is 12.4 Å². The summed E-state index contributed by atoms with van der Waals surface area (Å²) in [6.07, 6.45) is 3.69. The Balaban J connectivity index is 1.34. The molecule has 0 aliphatic heterocycles. The summed E-state index contributed by atoms with van der Waals surface area (Å²) in [5, 5.41) is 3.02. The Kier molecular flexibility index (Phi) is 6.40. The van der Waals surface area contributed by atoms with Crippen LogP contribution in [0.1, 0.15) is 23.4 Å². The van der Waals surface area contributed by atoms with Gasteiger partial charge in [0, 0.05) is 25.7 Å². The second-order valence-corrected chi connectivity index (χ2v) is 10.9. The number of nitrogens with zero attached hydrogens (tertiary/aromatic N) is 3. The number of anilines is 1. The van der Waals surface area contributed by atoms with Crippen molar-refractivity contribution in [1.29, 1.82) is 0 Å². The molecular formula is C27H28N4O3S. The Labute approximate surface area is 205 Å². The Bertz CT molecular complexity index is 1480. The van der Waals surface area contributed by atoms with Gasteiger partial charge in [0.2, 0.25) is 15.9 Å². The first kappa shape index (κ1) is 23.3. The zero-order valence-corrected chi connectivity index (χ0v) is 20.5. The number of aromatic nitrogens is 2. The van der Waals surface area contributed by atoms with Crippen LogP contribution in [-0.2, 0) is 40.6 Å². The van der Waals surface area contributed by atoms with Gasteiger partial charge >= 0.3 is 0 Å². The minimum Gasteiger partial charge on any atom is -0.325 e. The number of amides is 1. The number of carbonyl (C=O) groups is 1. The number of para-hydroxylation sites is 2. The van der Waals surface area contributed by atoms with Crippen molar-refractivity contribution in [3.63, 3.8) is 0 Å². The number of imidazole rings is 1. The molecule has 0 saturated carbocycles. The molecule has 1 aromatic heterocycles. The molecule has 0 unspecified atom stereocenters. The lowest BCUT2D eigenvalue weighted by Crippen LogP contribution is -2.30. The molecule has 1 N–H and O–H groups in total. The fourth-order valence-electron chi connectivity index (χ4n) is 4.64. The van der Waals surface area contributed by atoms with Gasteiger partial charge in [-0.05, 0) is 66.8 Å². The lowest BCUT2D eigenvalue weighted by atomic mass is 10.1. The van der Waals surface area contributed by atoms with Crippen molar-refractivity contribution < 1.29 is 13.2 Å². The third-order valence-corrected chi connectivity index (χ3v) is 8.39. The summed E-state index contributed by atoms with van der Waals surface area (Å²) in [5.41, 5.74) is 5.09. The lowest BCUT2D eigenvalue weighted by molar-refractivity contribution is -0.116. The van der Waals surface area contributed by atoms with Gasteiger partial charge in [-0.2, -0.15) is 0 Å². The van der Waals surface area contributed by atoms with Crippen molar-refractivity contribution in [3.05, 3.63) is 89.7 Å². The molecule has 0 saturated heterocycles. The molecule has 0 atom stereocenters. The van der Waals surface area contributed by atoms with E-state index in [9.17, 15) is 13.2 Å². The molecule has 4 aromatic rings. The van der Waals surface area contributed by atoms with E-state index in [1.165, 1.54) is 15.4 Å². The molecule has 1 heterocycles. The van der Waals surface area contributed by atoms with Crippen LogP contribution in [0, 0.1) is 0 Å². The first-order valence-electron chi connectivity index (χ1n) is 11.8. The number of rotatable bonds is 8. The van der Waals surface area contributed by atoms with Gasteiger partial charge in [-0.1, -0.05) is 36.4 Å². The number of likely N-dealkylation sites (N-methyl/N-ethyl adjacent to an activating group) is 1. The number of carbonyl (C=O) groups excluding carboxylic acids is 1. The lowest BCUT2D eigenvalue weighted by Gasteiger charge is -2.17. The van der Waals surface area contributed by atoms with Crippen LogP contribution < -0.4 is 5.32 Å². The topological polar surface area (TPSA) is 84.3 Å². The highest BCUT2D eigenvalue weighted by Gasteiger charge is 2.22. The van der Waals surface area contributed by atoms with Crippen LogP contribution in [0.2, 0.25) is 0 Å². The van der Waals surface area contributed by atoms with E-state index in [2.05, 4.69) is 17.4 Å². The van der Waals surface area contributed by atoms with Crippen LogP contribution in [0.3, 0.4) is 0 Å². The van der Waals surface area contributed by atoms with Gasteiger partial charge in [0.25, 0.3) is 0 Å².